The second-order valence-corrected chi connectivity index (χ2v) is 6.16. The third kappa shape index (κ3) is 2.94. The maximum atomic E-state index is 11.9. The highest BCUT2D eigenvalue weighted by molar-refractivity contribution is 5.95. The van der Waals surface area contributed by atoms with Gasteiger partial charge in [0.15, 0.2) is 0 Å². The Balaban J connectivity index is 2.17. The quantitative estimate of drug-likeness (QED) is 0.610. The molecule has 24 heavy (non-hydrogen) atoms. The van der Waals surface area contributed by atoms with Gasteiger partial charge in [-0.25, -0.2) is 4.79 Å². The first kappa shape index (κ1) is 16.3. The van der Waals surface area contributed by atoms with Gasteiger partial charge < -0.3 is 9.30 Å². The lowest BCUT2D eigenvalue weighted by atomic mass is 10.0. The maximum absolute atomic E-state index is 11.9. The van der Waals surface area contributed by atoms with E-state index < -0.39 is 0 Å². The number of ether oxygens (including phenoxy) is 1. The number of benzene rings is 2. The van der Waals surface area contributed by atoms with Crippen molar-refractivity contribution in [1.29, 1.82) is 0 Å². The molecule has 0 fully saturated rings. The van der Waals surface area contributed by atoms with Crippen molar-refractivity contribution in [3.63, 3.8) is 0 Å². The van der Waals surface area contributed by atoms with Gasteiger partial charge in [-0.1, -0.05) is 49.7 Å². The highest BCUT2D eigenvalue weighted by Crippen LogP contribution is 2.31. The summed E-state index contributed by atoms with van der Waals surface area (Å²) in [6.07, 6.45) is 4.34. The van der Waals surface area contributed by atoms with Gasteiger partial charge in [-0.3, -0.25) is 0 Å². The molecule has 1 heterocycles. The number of aromatic nitrogens is 1. The summed E-state index contributed by atoms with van der Waals surface area (Å²) >= 11 is 0. The van der Waals surface area contributed by atoms with Crippen LogP contribution in [0.25, 0.3) is 10.9 Å². The molecule has 3 heteroatoms. The molecule has 1 aromatic heterocycles. The summed E-state index contributed by atoms with van der Waals surface area (Å²) in [6.45, 7) is 4.32. The molecule has 0 saturated carbocycles. The van der Waals surface area contributed by atoms with Crippen molar-refractivity contribution in [2.75, 3.05) is 7.11 Å². The van der Waals surface area contributed by atoms with E-state index in [0.717, 1.165) is 18.4 Å². The standard InChI is InChI=1S/C21H23NO2/c1-4-8-19(16-9-6-5-7-10-16)22-14-15(2)18-12-11-17(13-20(18)22)21(23)24-3/h5-7,9-14,19H,4,8H2,1-3H3. The van der Waals surface area contributed by atoms with Crippen LogP contribution >= 0.6 is 0 Å². The fourth-order valence-corrected chi connectivity index (χ4v) is 3.34. The van der Waals surface area contributed by atoms with Gasteiger partial charge in [-0.15, -0.1) is 0 Å². The fourth-order valence-electron chi connectivity index (χ4n) is 3.34. The van der Waals surface area contributed by atoms with Crippen LogP contribution in [-0.4, -0.2) is 17.6 Å². The number of methoxy groups -OCH3 is 1. The van der Waals surface area contributed by atoms with Gasteiger partial charge >= 0.3 is 5.97 Å². The van der Waals surface area contributed by atoms with E-state index in [1.54, 1.807) is 0 Å². The van der Waals surface area contributed by atoms with Crippen molar-refractivity contribution >= 4 is 16.9 Å². The van der Waals surface area contributed by atoms with Gasteiger partial charge in [0.05, 0.1) is 18.7 Å². The molecule has 1 atom stereocenters. The predicted molar refractivity (Wildman–Crippen MR) is 97.5 cm³/mol. The molecule has 2 aromatic carbocycles. The number of fused-ring (bicyclic) bond motifs is 1. The van der Waals surface area contributed by atoms with Crippen LogP contribution in [0.3, 0.4) is 0 Å². The molecule has 0 aliphatic carbocycles. The number of esters is 1. The summed E-state index contributed by atoms with van der Waals surface area (Å²) in [6, 6.07) is 16.6. The van der Waals surface area contributed by atoms with E-state index in [9.17, 15) is 4.79 Å². The Hall–Kier alpha value is -2.55. The molecule has 0 saturated heterocycles. The van der Waals surface area contributed by atoms with Crippen LogP contribution in [0.2, 0.25) is 0 Å². The molecule has 124 valence electrons. The molecule has 3 nitrogen and oxygen atoms in total. The van der Waals surface area contributed by atoms with Gasteiger partial charge in [-0.2, -0.15) is 0 Å². The molecule has 0 aliphatic rings. The first-order valence-corrected chi connectivity index (χ1v) is 8.40. The van der Waals surface area contributed by atoms with Crippen LogP contribution < -0.4 is 0 Å². The molecule has 1 unspecified atom stereocenters. The Morgan fingerprint density at radius 1 is 1.17 bits per heavy atom. The number of hydrogen-bond acceptors (Lipinski definition) is 2. The topological polar surface area (TPSA) is 31.2 Å². The summed E-state index contributed by atoms with van der Waals surface area (Å²) in [4.78, 5) is 11.9. The van der Waals surface area contributed by atoms with Gasteiger partial charge in [0, 0.05) is 17.1 Å². The monoisotopic (exact) mass is 321 g/mol. The Labute approximate surface area is 142 Å². The first-order valence-electron chi connectivity index (χ1n) is 8.40. The van der Waals surface area contributed by atoms with Crippen LogP contribution in [0.15, 0.2) is 54.7 Å². The lowest BCUT2D eigenvalue weighted by Gasteiger charge is -2.20. The lowest BCUT2D eigenvalue weighted by molar-refractivity contribution is 0.0601. The smallest absolute Gasteiger partial charge is 0.337 e. The third-order valence-electron chi connectivity index (χ3n) is 4.54. The van der Waals surface area contributed by atoms with Crippen molar-refractivity contribution < 1.29 is 9.53 Å². The molecule has 0 spiro atoms. The summed E-state index contributed by atoms with van der Waals surface area (Å²) in [5.74, 6) is -0.297. The molecular weight excluding hydrogens is 298 g/mol. The molecule has 0 radical (unpaired) electrons. The van der Waals surface area contributed by atoms with Crippen LogP contribution in [0.1, 0.15) is 47.3 Å². The zero-order chi connectivity index (χ0) is 17.1. The highest BCUT2D eigenvalue weighted by Gasteiger charge is 2.17. The van der Waals surface area contributed by atoms with Crippen molar-refractivity contribution in [1.82, 2.24) is 4.57 Å². The summed E-state index contributed by atoms with van der Waals surface area (Å²) in [7, 11) is 1.42. The van der Waals surface area contributed by atoms with Crippen molar-refractivity contribution in [2.24, 2.45) is 0 Å². The second kappa shape index (κ2) is 6.91. The van der Waals surface area contributed by atoms with Gasteiger partial charge in [0.2, 0.25) is 0 Å². The van der Waals surface area contributed by atoms with Crippen molar-refractivity contribution in [2.45, 2.75) is 32.7 Å². The number of rotatable bonds is 5. The van der Waals surface area contributed by atoms with E-state index in [4.69, 9.17) is 4.74 Å². The average Bonchev–Trinajstić information content (AvgIpc) is 2.95. The normalized spacial score (nSPS) is 12.3. The van der Waals surface area contributed by atoms with E-state index >= 15 is 0 Å². The SMILES string of the molecule is CCCC(c1ccccc1)n1cc(C)c2ccc(C(=O)OC)cc21. The predicted octanol–water partition coefficient (Wildman–Crippen LogP) is 5.13. The first-order chi connectivity index (χ1) is 11.7. The minimum Gasteiger partial charge on any atom is -0.465 e. The average molecular weight is 321 g/mol. The number of carbonyl (C=O) groups is 1. The van der Waals surface area contributed by atoms with Crippen LogP contribution in [-0.2, 0) is 4.74 Å². The van der Waals surface area contributed by atoms with Crippen LogP contribution in [0.5, 0.6) is 0 Å². The summed E-state index contributed by atoms with van der Waals surface area (Å²) in [5, 5.41) is 1.18. The maximum Gasteiger partial charge on any atom is 0.337 e. The van der Waals surface area contributed by atoms with Crippen molar-refractivity contribution in [3.05, 3.63) is 71.4 Å². The molecular formula is C21H23NO2. The van der Waals surface area contributed by atoms with Gasteiger partial charge in [0.25, 0.3) is 0 Å². The molecule has 0 bridgehead atoms. The Morgan fingerprint density at radius 2 is 1.92 bits per heavy atom. The van der Waals surface area contributed by atoms with Crippen LogP contribution in [0.4, 0.5) is 0 Å². The van der Waals surface area contributed by atoms with E-state index in [1.165, 1.54) is 23.6 Å². The Bertz CT molecular complexity index is 849. The summed E-state index contributed by atoms with van der Waals surface area (Å²) in [5.41, 5.74) is 4.18. The third-order valence-corrected chi connectivity index (χ3v) is 4.54. The number of aryl methyl sites for hydroxylation is 1. The van der Waals surface area contributed by atoms with Gasteiger partial charge in [0.1, 0.15) is 0 Å². The molecule has 0 N–H and O–H groups in total. The van der Waals surface area contributed by atoms with E-state index in [1.807, 2.05) is 24.3 Å². The zero-order valence-electron chi connectivity index (χ0n) is 14.5. The summed E-state index contributed by atoms with van der Waals surface area (Å²) < 4.78 is 7.18. The van der Waals surface area contributed by atoms with Crippen LogP contribution in [0, 0.1) is 6.92 Å². The molecule has 3 aromatic rings. The van der Waals surface area contributed by atoms with E-state index in [0.29, 0.717) is 5.56 Å². The minimum atomic E-state index is -0.297. The fraction of sp³-hybridized carbons (Fsp3) is 0.286. The number of hydrogen-bond donors (Lipinski definition) is 0. The second-order valence-electron chi connectivity index (χ2n) is 6.16. The number of nitrogens with zero attached hydrogens (tertiary/aromatic N) is 1. The highest BCUT2D eigenvalue weighted by atomic mass is 16.5. The zero-order valence-corrected chi connectivity index (χ0v) is 14.5. The lowest BCUT2D eigenvalue weighted by Crippen LogP contribution is -2.10. The largest absolute Gasteiger partial charge is 0.465 e. The Kier molecular flexibility index (Phi) is 4.70. The van der Waals surface area contributed by atoms with E-state index in [2.05, 4.69) is 48.9 Å². The molecule has 0 amide bonds. The molecule has 0 aliphatic heterocycles. The Morgan fingerprint density at radius 3 is 2.58 bits per heavy atom. The minimum absolute atomic E-state index is 0.264. The van der Waals surface area contributed by atoms with E-state index in [-0.39, 0.29) is 12.0 Å². The molecule has 3 rings (SSSR count). The van der Waals surface area contributed by atoms with Gasteiger partial charge in [-0.05, 0) is 36.6 Å². The van der Waals surface area contributed by atoms with Crippen molar-refractivity contribution in [3.8, 4) is 0 Å². The number of carbonyl (C=O) groups excluding carboxylic acids is 1.